The van der Waals surface area contributed by atoms with Crippen LogP contribution in [0.3, 0.4) is 0 Å². The first-order valence-electron chi connectivity index (χ1n) is 13.3. The van der Waals surface area contributed by atoms with Crippen molar-refractivity contribution < 1.29 is 9.59 Å². The van der Waals surface area contributed by atoms with Crippen molar-refractivity contribution in [2.24, 2.45) is 23.5 Å². The van der Waals surface area contributed by atoms with E-state index in [-0.39, 0.29) is 17.9 Å². The summed E-state index contributed by atoms with van der Waals surface area (Å²) >= 11 is 0. The lowest BCUT2D eigenvalue weighted by Gasteiger charge is -2.43. The van der Waals surface area contributed by atoms with Crippen LogP contribution in [0.25, 0.3) is 0 Å². The van der Waals surface area contributed by atoms with Gasteiger partial charge in [0.15, 0.2) is 0 Å². The Balaban J connectivity index is 1.68. The first-order chi connectivity index (χ1) is 16.3. The highest BCUT2D eigenvalue weighted by molar-refractivity contribution is 5.87. The van der Waals surface area contributed by atoms with Crippen LogP contribution in [0, 0.1) is 24.7 Å². The molecule has 2 aliphatic rings. The fourth-order valence-corrected chi connectivity index (χ4v) is 5.89. The monoisotopic (exact) mass is 470 g/mol. The largest absolute Gasteiger partial charge is 0.354 e. The molecule has 190 valence electrons. The minimum absolute atomic E-state index is 0.00576. The topological polar surface area (TPSA) is 78.7 Å². The summed E-state index contributed by atoms with van der Waals surface area (Å²) in [6.07, 6.45) is 6.24. The van der Waals surface area contributed by atoms with Gasteiger partial charge < -0.3 is 16.0 Å². The van der Waals surface area contributed by atoms with Crippen LogP contribution in [0.2, 0.25) is 0 Å². The normalized spacial score (nSPS) is 25.6. The molecule has 2 amide bonds. The Morgan fingerprint density at radius 3 is 2.56 bits per heavy atom. The van der Waals surface area contributed by atoms with Gasteiger partial charge in [-0.05, 0) is 74.5 Å². The molecule has 1 aromatic rings. The number of piperidine rings is 1. The molecule has 34 heavy (non-hydrogen) atoms. The fourth-order valence-electron chi connectivity index (χ4n) is 5.89. The van der Waals surface area contributed by atoms with E-state index in [9.17, 15) is 9.59 Å². The van der Waals surface area contributed by atoms with E-state index in [0.717, 1.165) is 38.9 Å². The number of hydrogen-bond acceptors (Lipinski definition) is 4. The summed E-state index contributed by atoms with van der Waals surface area (Å²) in [5.41, 5.74) is 8.53. The van der Waals surface area contributed by atoms with Crippen molar-refractivity contribution >= 4 is 11.8 Å². The highest BCUT2D eigenvalue weighted by Gasteiger charge is 2.37. The maximum absolute atomic E-state index is 13.4. The minimum Gasteiger partial charge on any atom is -0.354 e. The smallest absolute Gasteiger partial charge is 0.242 e. The molecule has 6 nitrogen and oxygen atoms in total. The fraction of sp³-hybridized carbons (Fsp3) is 0.714. The van der Waals surface area contributed by atoms with E-state index in [1.165, 1.54) is 24.0 Å². The summed E-state index contributed by atoms with van der Waals surface area (Å²) in [6, 6.07) is 8.44. The summed E-state index contributed by atoms with van der Waals surface area (Å²) in [5.74, 6) is 1.61. The zero-order valence-corrected chi connectivity index (χ0v) is 21.8. The van der Waals surface area contributed by atoms with Gasteiger partial charge in [-0.1, -0.05) is 44.5 Å². The summed E-state index contributed by atoms with van der Waals surface area (Å²) in [7, 11) is 0. The van der Waals surface area contributed by atoms with E-state index in [2.05, 4.69) is 55.3 Å². The van der Waals surface area contributed by atoms with Gasteiger partial charge in [-0.15, -0.1) is 0 Å². The maximum Gasteiger partial charge on any atom is 0.242 e. The Bertz CT molecular complexity index is 811. The number of aryl methyl sites for hydroxylation is 1. The molecule has 1 aliphatic carbocycles. The lowest BCUT2D eigenvalue weighted by Crippen LogP contribution is -2.57. The second kappa shape index (κ2) is 12.7. The van der Waals surface area contributed by atoms with Gasteiger partial charge in [0.1, 0.15) is 6.04 Å². The number of nitrogens with one attached hydrogen (secondary N) is 1. The molecule has 1 saturated carbocycles. The number of carbonyl (C=O) groups is 2. The molecule has 1 saturated heterocycles. The van der Waals surface area contributed by atoms with E-state index in [1.54, 1.807) is 11.8 Å². The summed E-state index contributed by atoms with van der Waals surface area (Å²) in [6.45, 7) is 12.2. The number of nitrogens with two attached hydrogens (primary N) is 1. The van der Waals surface area contributed by atoms with Crippen LogP contribution < -0.4 is 11.1 Å². The average molecular weight is 471 g/mol. The number of amides is 2. The SMILES string of the molecule is CC(=O)N1CCC(N(Cc2ccccc2C)CC(C)C)C[C@@H]1C(=O)NCC1CCCC(CN)C1. The molecule has 1 aliphatic heterocycles. The van der Waals surface area contributed by atoms with Gasteiger partial charge in [0, 0.05) is 39.1 Å². The minimum atomic E-state index is -0.392. The van der Waals surface area contributed by atoms with Crippen LogP contribution in [-0.4, -0.2) is 59.9 Å². The van der Waals surface area contributed by atoms with Crippen molar-refractivity contribution in [3.63, 3.8) is 0 Å². The standard InChI is InChI=1S/C28H46N4O2/c1-20(2)18-31(19-25-11-6-5-8-21(25)3)26-12-13-32(22(4)33)27(15-26)28(34)30-17-24-10-7-9-23(14-24)16-29/h5-6,8,11,20,23-24,26-27H,7,9-10,12-19,29H2,1-4H3,(H,30,34)/t23?,24?,26?,27-/m1/s1. The van der Waals surface area contributed by atoms with Crippen LogP contribution in [0.5, 0.6) is 0 Å². The Hall–Kier alpha value is -1.92. The Labute approximate surface area is 206 Å². The average Bonchev–Trinajstić information content (AvgIpc) is 2.82. The van der Waals surface area contributed by atoms with Crippen molar-refractivity contribution in [3.8, 4) is 0 Å². The third-order valence-electron chi connectivity index (χ3n) is 7.82. The molecular formula is C28H46N4O2. The molecule has 4 atom stereocenters. The molecule has 0 aromatic heterocycles. The number of likely N-dealkylation sites (tertiary alicyclic amines) is 1. The molecule has 3 N–H and O–H groups in total. The third kappa shape index (κ3) is 7.29. The van der Waals surface area contributed by atoms with Crippen LogP contribution >= 0.6 is 0 Å². The van der Waals surface area contributed by atoms with Crippen molar-refractivity contribution in [2.45, 2.75) is 84.8 Å². The van der Waals surface area contributed by atoms with E-state index in [0.29, 0.717) is 37.3 Å². The first kappa shape index (κ1) is 26.7. The van der Waals surface area contributed by atoms with Gasteiger partial charge in [0.2, 0.25) is 11.8 Å². The van der Waals surface area contributed by atoms with Gasteiger partial charge in [-0.3, -0.25) is 14.5 Å². The van der Waals surface area contributed by atoms with Gasteiger partial charge in [0.25, 0.3) is 0 Å². The van der Waals surface area contributed by atoms with Crippen LogP contribution in [0.15, 0.2) is 24.3 Å². The zero-order chi connectivity index (χ0) is 24.7. The molecule has 6 heteroatoms. The predicted octanol–water partition coefficient (Wildman–Crippen LogP) is 3.71. The predicted molar refractivity (Wildman–Crippen MR) is 138 cm³/mol. The molecular weight excluding hydrogens is 424 g/mol. The highest BCUT2D eigenvalue weighted by Crippen LogP contribution is 2.29. The van der Waals surface area contributed by atoms with Crippen LogP contribution in [0.1, 0.15) is 70.4 Å². The third-order valence-corrected chi connectivity index (χ3v) is 7.82. The molecule has 3 unspecified atom stereocenters. The van der Waals surface area contributed by atoms with E-state index in [1.807, 2.05) is 0 Å². The van der Waals surface area contributed by atoms with Crippen molar-refractivity contribution in [2.75, 3.05) is 26.2 Å². The van der Waals surface area contributed by atoms with E-state index in [4.69, 9.17) is 5.73 Å². The van der Waals surface area contributed by atoms with Gasteiger partial charge in [-0.25, -0.2) is 0 Å². The van der Waals surface area contributed by atoms with Crippen molar-refractivity contribution in [1.82, 2.24) is 15.1 Å². The van der Waals surface area contributed by atoms with Gasteiger partial charge in [0.05, 0.1) is 0 Å². The quantitative estimate of drug-likeness (QED) is 0.577. The lowest BCUT2D eigenvalue weighted by molar-refractivity contribution is -0.142. The lowest BCUT2D eigenvalue weighted by atomic mass is 9.81. The van der Waals surface area contributed by atoms with Gasteiger partial charge in [-0.2, -0.15) is 0 Å². The number of rotatable bonds is 9. The van der Waals surface area contributed by atoms with Crippen molar-refractivity contribution in [1.29, 1.82) is 0 Å². The van der Waals surface area contributed by atoms with Crippen LogP contribution in [-0.2, 0) is 16.1 Å². The Morgan fingerprint density at radius 2 is 1.88 bits per heavy atom. The second-order valence-corrected chi connectivity index (χ2v) is 11.0. The Kier molecular flexibility index (Phi) is 9.96. The molecule has 1 heterocycles. The number of carbonyl (C=O) groups excluding carboxylic acids is 2. The second-order valence-electron chi connectivity index (χ2n) is 11.0. The first-order valence-corrected chi connectivity index (χ1v) is 13.3. The summed E-state index contributed by atoms with van der Waals surface area (Å²) < 4.78 is 0. The van der Waals surface area contributed by atoms with Crippen LogP contribution in [0.4, 0.5) is 0 Å². The van der Waals surface area contributed by atoms with Crippen molar-refractivity contribution in [3.05, 3.63) is 35.4 Å². The molecule has 0 spiro atoms. The van der Waals surface area contributed by atoms with Gasteiger partial charge >= 0.3 is 0 Å². The summed E-state index contributed by atoms with van der Waals surface area (Å²) in [4.78, 5) is 30.1. The number of benzene rings is 1. The molecule has 1 aromatic carbocycles. The molecule has 0 bridgehead atoms. The number of hydrogen-bond donors (Lipinski definition) is 2. The molecule has 2 fully saturated rings. The highest BCUT2D eigenvalue weighted by atomic mass is 16.2. The molecule has 3 rings (SSSR count). The van der Waals surface area contributed by atoms with E-state index >= 15 is 0 Å². The zero-order valence-electron chi connectivity index (χ0n) is 21.8. The Morgan fingerprint density at radius 1 is 1.15 bits per heavy atom. The van der Waals surface area contributed by atoms with E-state index < -0.39 is 6.04 Å². The maximum atomic E-state index is 13.4. The summed E-state index contributed by atoms with van der Waals surface area (Å²) in [5, 5.41) is 3.22. The molecule has 0 radical (unpaired) electrons. The number of nitrogens with zero attached hydrogens (tertiary/aromatic N) is 2.